The van der Waals surface area contributed by atoms with Crippen LogP contribution >= 0.6 is 0 Å². The van der Waals surface area contributed by atoms with E-state index in [1.165, 1.54) is 14.4 Å². The standard InChI is InChI=1S/C25H28N4O4S/c1-2-3-14-29-24(30)22-12-8-7-11-21(22)23(26-29)25(31)27-15-17-28(18-16-27)34(32,33)19-13-20-9-5-4-6-10-20/h4-13,19H,2-3,14-18H2,1H3. The Balaban J connectivity index is 1.52. The van der Waals surface area contributed by atoms with Crippen molar-refractivity contribution in [3.05, 3.63) is 81.6 Å². The van der Waals surface area contributed by atoms with Gasteiger partial charge in [0.2, 0.25) is 10.0 Å². The Morgan fingerprint density at radius 1 is 0.971 bits per heavy atom. The molecule has 0 unspecified atom stereocenters. The summed E-state index contributed by atoms with van der Waals surface area (Å²) >= 11 is 0. The second-order valence-electron chi connectivity index (χ2n) is 8.23. The largest absolute Gasteiger partial charge is 0.335 e. The predicted octanol–water partition coefficient (Wildman–Crippen LogP) is 2.96. The monoisotopic (exact) mass is 480 g/mol. The van der Waals surface area contributed by atoms with Gasteiger partial charge in [-0.1, -0.05) is 61.9 Å². The Bertz CT molecular complexity index is 1360. The molecule has 0 aliphatic carbocycles. The van der Waals surface area contributed by atoms with E-state index in [0.29, 0.717) is 17.3 Å². The molecule has 34 heavy (non-hydrogen) atoms. The van der Waals surface area contributed by atoms with Crippen molar-refractivity contribution in [3.8, 4) is 0 Å². The lowest BCUT2D eigenvalue weighted by Crippen LogP contribution is -2.50. The lowest BCUT2D eigenvalue weighted by Gasteiger charge is -2.33. The molecule has 1 fully saturated rings. The van der Waals surface area contributed by atoms with Crippen molar-refractivity contribution in [2.45, 2.75) is 26.3 Å². The van der Waals surface area contributed by atoms with Gasteiger partial charge in [0.1, 0.15) is 0 Å². The van der Waals surface area contributed by atoms with Gasteiger partial charge in [0.05, 0.1) is 5.39 Å². The predicted molar refractivity (Wildman–Crippen MR) is 133 cm³/mol. The quantitative estimate of drug-likeness (QED) is 0.518. The van der Waals surface area contributed by atoms with Crippen molar-refractivity contribution < 1.29 is 13.2 Å². The average molecular weight is 481 g/mol. The molecule has 2 heterocycles. The molecule has 0 spiro atoms. The number of amides is 1. The molecule has 0 radical (unpaired) electrons. The van der Waals surface area contributed by atoms with Crippen LogP contribution in [0.5, 0.6) is 0 Å². The van der Waals surface area contributed by atoms with Gasteiger partial charge >= 0.3 is 0 Å². The first kappa shape index (κ1) is 23.8. The number of aryl methyl sites for hydroxylation is 1. The summed E-state index contributed by atoms with van der Waals surface area (Å²) in [6, 6.07) is 16.2. The Morgan fingerprint density at radius 3 is 2.29 bits per heavy atom. The SMILES string of the molecule is CCCCn1nc(C(=O)N2CCN(S(=O)(=O)C=Cc3ccccc3)CC2)c2ccccc2c1=O. The van der Waals surface area contributed by atoms with E-state index in [-0.39, 0.29) is 43.3 Å². The van der Waals surface area contributed by atoms with E-state index in [4.69, 9.17) is 0 Å². The van der Waals surface area contributed by atoms with Gasteiger partial charge in [-0.25, -0.2) is 13.1 Å². The third kappa shape index (κ3) is 5.10. The van der Waals surface area contributed by atoms with Crippen molar-refractivity contribution >= 4 is 32.8 Å². The topological polar surface area (TPSA) is 92.6 Å². The fourth-order valence-corrected chi connectivity index (χ4v) is 5.14. The smallest absolute Gasteiger partial charge is 0.275 e. The summed E-state index contributed by atoms with van der Waals surface area (Å²) in [6.45, 7) is 3.37. The van der Waals surface area contributed by atoms with E-state index < -0.39 is 10.0 Å². The minimum absolute atomic E-state index is 0.195. The normalized spacial score (nSPS) is 15.3. The van der Waals surface area contributed by atoms with E-state index in [1.54, 1.807) is 35.2 Å². The number of piperazine rings is 1. The van der Waals surface area contributed by atoms with Gasteiger partial charge in [0, 0.05) is 43.5 Å². The minimum atomic E-state index is -3.60. The van der Waals surface area contributed by atoms with Crippen LogP contribution in [-0.2, 0) is 16.6 Å². The number of fused-ring (bicyclic) bond motifs is 1. The molecule has 1 amide bonds. The number of nitrogens with zero attached hydrogens (tertiary/aromatic N) is 4. The van der Waals surface area contributed by atoms with E-state index >= 15 is 0 Å². The van der Waals surface area contributed by atoms with Crippen LogP contribution in [-0.4, -0.2) is 59.5 Å². The van der Waals surface area contributed by atoms with Gasteiger partial charge in [0.25, 0.3) is 11.5 Å². The molecule has 1 saturated heterocycles. The zero-order valence-electron chi connectivity index (χ0n) is 19.1. The van der Waals surface area contributed by atoms with Crippen molar-refractivity contribution in [1.82, 2.24) is 19.0 Å². The third-order valence-electron chi connectivity index (χ3n) is 5.91. The molecule has 0 atom stereocenters. The number of carbonyl (C=O) groups excluding carboxylic acids is 1. The molecule has 178 valence electrons. The van der Waals surface area contributed by atoms with Crippen molar-refractivity contribution in [1.29, 1.82) is 0 Å². The van der Waals surface area contributed by atoms with E-state index in [9.17, 15) is 18.0 Å². The van der Waals surface area contributed by atoms with Crippen molar-refractivity contribution in [3.63, 3.8) is 0 Å². The molecule has 8 nitrogen and oxygen atoms in total. The highest BCUT2D eigenvalue weighted by atomic mass is 32.2. The molecule has 1 aliphatic rings. The minimum Gasteiger partial charge on any atom is -0.335 e. The molecule has 0 bridgehead atoms. The molecule has 4 rings (SSSR count). The van der Waals surface area contributed by atoms with Gasteiger partial charge in [-0.2, -0.15) is 9.40 Å². The highest BCUT2D eigenvalue weighted by Crippen LogP contribution is 2.18. The fourth-order valence-electron chi connectivity index (χ4n) is 3.96. The maximum atomic E-state index is 13.4. The summed E-state index contributed by atoms with van der Waals surface area (Å²) in [6.07, 6.45) is 3.26. The second kappa shape index (κ2) is 10.3. The number of rotatable bonds is 7. The van der Waals surface area contributed by atoms with E-state index in [0.717, 1.165) is 18.4 Å². The second-order valence-corrected chi connectivity index (χ2v) is 10.0. The Hall–Kier alpha value is -3.30. The van der Waals surface area contributed by atoms with Gasteiger partial charge in [-0.15, -0.1) is 0 Å². The van der Waals surface area contributed by atoms with Crippen LogP contribution in [0.2, 0.25) is 0 Å². The maximum absolute atomic E-state index is 13.4. The van der Waals surface area contributed by atoms with Crippen LogP contribution in [0, 0.1) is 0 Å². The van der Waals surface area contributed by atoms with Crippen LogP contribution < -0.4 is 5.56 Å². The highest BCUT2D eigenvalue weighted by Gasteiger charge is 2.29. The summed E-state index contributed by atoms with van der Waals surface area (Å²) in [4.78, 5) is 27.8. The van der Waals surface area contributed by atoms with Gasteiger partial charge in [-0.05, 0) is 24.1 Å². The molecular weight excluding hydrogens is 452 g/mol. The van der Waals surface area contributed by atoms with E-state index in [1.807, 2.05) is 37.3 Å². The number of aromatic nitrogens is 2. The molecule has 0 saturated carbocycles. The summed E-state index contributed by atoms with van der Waals surface area (Å²) in [5.74, 6) is -0.293. The zero-order valence-corrected chi connectivity index (χ0v) is 19.9. The summed E-state index contributed by atoms with van der Waals surface area (Å²) < 4.78 is 28.2. The summed E-state index contributed by atoms with van der Waals surface area (Å²) in [5, 5.41) is 6.60. The molecule has 0 N–H and O–H groups in total. The number of sulfonamides is 1. The zero-order chi connectivity index (χ0) is 24.1. The first-order valence-corrected chi connectivity index (χ1v) is 12.9. The molecule has 1 aromatic heterocycles. The van der Waals surface area contributed by atoms with Gasteiger partial charge in [0.15, 0.2) is 5.69 Å². The number of benzene rings is 2. The van der Waals surface area contributed by atoms with Crippen molar-refractivity contribution in [2.24, 2.45) is 0 Å². The lowest BCUT2D eigenvalue weighted by atomic mass is 10.1. The Labute approximate surface area is 199 Å². The molecule has 3 aromatic rings. The first-order chi connectivity index (χ1) is 16.4. The van der Waals surface area contributed by atoms with Gasteiger partial charge < -0.3 is 4.90 Å². The fraction of sp³-hybridized carbons (Fsp3) is 0.320. The third-order valence-corrected chi connectivity index (χ3v) is 7.48. The van der Waals surface area contributed by atoms with Crippen LogP contribution in [0.25, 0.3) is 16.8 Å². The summed E-state index contributed by atoms with van der Waals surface area (Å²) in [7, 11) is -3.60. The van der Waals surface area contributed by atoms with Crippen LogP contribution in [0.15, 0.2) is 64.8 Å². The molecule has 1 aliphatic heterocycles. The Kier molecular flexibility index (Phi) is 7.23. The molecular formula is C25H28N4O4S. The summed E-state index contributed by atoms with van der Waals surface area (Å²) in [5.41, 5.74) is 0.823. The van der Waals surface area contributed by atoms with E-state index in [2.05, 4.69) is 5.10 Å². The number of carbonyl (C=O) groups is 1. The maximum Gasteiger partial charge on any atom is 0.275 e. The van der Waals surface area contributed by atoms with Crippen LogP contribution in [0.1, 0.15) is 35.8 Å². The average Bonchev–Trinajstić information content (AvgIpc) is 2.87. The number of hydrogen-bond donors (Lipinski definition) is 0. The van der Waals surface area contributed by atoms with Crippen LogP contribution in [0.4, 0.5) is 0 Å². The van der Waals surface area contributed by atoms with Gasteiger partial charge in [-0.3, -0.25) is 9.59 Å². The highest BCUT2D eigenvalue weighted by molar-refractivity contribution is 7.92. The molecule has 2 aromatic carbocycles. The number of hydrogen-bond acceptors (Lipinski definition) is 5. The molecule has 9 heteroatoms. The lowest BCUT2D eigenvalue weighted by molar-refractivity contribution is 0.0692. The number of unbranched alkanes of at least 4 members (excludes halogenated alkanes) is 1. The van der Waals surface area contributed by atoms with Crippen molar-refractivity contribution in [2.75, 3.05) is 26.2 Å². The first-order valence-electron chi connectivity index (χ1n) is 11.4. The Morgan fingerprint density at radius 2 is 1.62 bits per heavy atom. The van der Waals surface area contributed by atoms with Crippen LogP contribution in [0.3, 0.4) is 0 Å².